The van der Waals surface area contributed by atoms with Crippen molar-refractivity contribution in [1.82, 2.24) is 9.88 Å². The molecular weight excluding hydrogens is 407 g/mol. The van der Waals surface area contributed by atoms with Crippen LogP contribution >= 0.6 is 23.2 Å². The third-order valence-corrected chi connectivity index (χ3v) is 5.86. The minimum Gasteiger partial charge on any atom is -0.366 e. The average Bonchev–Trinajstić information content (AvgIpc) is 2.69. The van der Waals surface area contributed by atoms with Crippen LogP contribution in [0.2, 0.25) is 10.0 Å². The summed E-state index contributed by atoms with van der Waals surface area (Å²) in [4.78, 5) is 8.91. The second-order valence-corrected chi connectivity index (χ2v) is 8.24. The lowest BCUT2D eigenvalue weighted by Crippen LogP contribution is -2.42. The Balaban J connectivity index is 1.70. The topological polar surface area (TPSA) is 67.3 Å². The number of anilines is 3. The lowest BCUT2D eigenvalue weighted by atomic mass is 10.1. The van der Waals surface area contributed by atoms with Crippen molar-refractivity contribution >= 4 is 46.5 Å². The maximum atomic E-state index is 8.41. The molecule has 1 unspecified atom stereocenters. The quantitative estimate of drug-likeness (QED) is 0.452. The summed E-state index contributed by atoms with van der Waals surface area (Å²) in [7, 11) is 1.82. The molecule has 1 fully saturated rings. The first kappa shape index (κ1) is 21.7. The molecule has 1 aromatic heterocycles. The fraction of sp³-hybridized carbons (Fsp3) is 0.429. The molecule has 0 amide bonds. The van der Waals surface area contributed by atoms with Gasteiger partial charge in [0.2, 0.25) is 5.96 Å². The number of nitrogens with zero attached hydrogens (tertiary/aromatic N) is 3. The molecule has 1 atom stereocenters. The van der Waals surface area contributed by atoms with Gasteiger partial charge in [-0.05, 0) is 68.8 Å². The zero-order chi connectivity index (χ0) is 21.0. The van der Waals surface area contributed by atoms with Crippen LogP contribution in [0.25, 0.3) is 0 Å². The fourth-order valence-electron chi connectivity index (χ4n) is 3.47. The molecule has 2 aromatic rings. The van der Waals surface area contributed by atoms with E-state index in [-0.39, 0.29) is 5.96 Å². The molecule has 1 saturated heterocycles. The predicted molar refractivity (Wildman–Crippen MR) is 124 cm³/mol. The number of likely N-dealkylation sites (N-methyl/N-ethyl adjacent to an activating group) is 1. The molecule has 156 valence electrons. The lowest BCUT2D eigenvalue weighted by molar-refractivity contribution is 0.226. The zero-order valence-corrected chi connectivity index (χ0v) is 18.6. The summed E-state index contributed by atoms with van der Waals surface area (Å²) in [5.41, 5.74) is 1.79. The Morgan fingerprint density at radius 2 is 2.07 bits per heavy atom. The van der Waals surface area contributed by atoms with Gasteiger partial charge in [0, 0.05) is 25.3 Å². The molecule has 1 aliphatic rings. The number of benzene rings is 1. The summed E-state index contributed by atoms with van der Waals surface area (Å²) in [5, 5.41) is 16.0. The highest BCUT2D eigenvalue weighted by Gasteiger charge is 2.19. The minimum atomic E-state index is 0.197. The number of aryl methyl sites for hydroxylation is 1. The molecule has 8 heteroatoms. The van der Waals surface area contributed by atoms with Crippen LogP contribution < -0.4 is 15.5 Å². The van der Waals surface area contributed by atoms with E-state index >= 15 is 0 Å². The van der Waals surface area contributed by atoms with Gasteiger partial charge >= 0.3 is 0 Å². The van der Waals surface area contributed by atoms with Crippen LogP contribution in [0.1, 0.15) is 25.3 Å². The number of rotatable bonds is 5. The molecule has 0 bridgehead atoms. The van der Waals surface area contributed by atoms with E-state index in [9.17, 15) is 0 Å². The fourth-order valence-corrected chi connectivity index (χ4v) is 3.77. The van der Waals surface area contributed by atoms with Crippen LogP contribution in [0.3, 0.4) is 0 Å². The van der Waals surface area contributed by atoms with Gasteiger partial charge in [0.1, 0.15) is 11.6 Å². The monoisotopic (exact) mass is 434 g/mol. The van der Waals surface area contributed by atoms with Crippen molar-refractivity contribution in [3.8, 4) is 0 Å². The standard InChI is InChI=1S/C21H28Cl2N6/c1-4-29-9-5-6-16(13-29)25-19-10-14(2)11-20(27-19)28(3)21(24)26-15-7-8-17(22)18(23)12-15/h7-8,10-12,16H,4-6,9,13H2,1-3H3,(H2,24,26)(H,25,27). The highest BCUT2D eigenvalue weighted by molar-refractivity contribution is 6.42. The molecule has 29 heavy (non-hydrogen) atoms. The molecule has 0 aliphatic carbocycles. The average molecular weight is 435 g/mol. The van der Waals surface area contributed by atoms with Crippen molar-refractivity contribution in [2.45, 2.75) is 32.7 Å². The van der Waals surface area contributed by atoms with Gasteiger partial charge in [0.25, 0.3) is 0 Å². The third kappa shape index (κ3) is 5.75. The number of halogens is 2. The Labute approximate surface area is 182 Å². The largest absolute Gasteiger partial charge is 0.366 e. The van der Waals surface area contributed by atoms with Crippen LogP contribution in [0, 0.1) is 12.3 Å². The molecule has 1 aliphatic heterocycles. The first-order valence-electron chi connectivity index (χ1n) is 9.87. The molecule has 2 heterocycles. The normalized spacial score (nSPS) is 17.1. The van der Waals surface area contributed by atoms with Gasteiger partial charge in [0.15, 0.2) is 0 Å². The second kappa shape index (κ2) is 9.65. The molecule has 1 aromatic carbocycles. The number of piperidine rings is 1. The molecule has 0 radical (unpaired) electrons. The number of likely N-dealkylation sites (tertiary alicyclic amines) is 1. The number of hydrogen-bond acceptors (Lipinski definition) is 4. The summed E-state index contributed by atoms with van der Waals surface area (Å²) >= 11 is 12.0. The van der Waals surface area contributed by atoms with Crippen LogP contribution in [-0.2, 0) is 0 Å². The Hall–Kier alpha value is -2.02. The molecule has 3 rings (SSSR count). The molecule has 6 nitrogen and oxygen atoms in total. The first-order valence-corrected chi connectivity index (χ1v) is 10.6. The van der Waals surface area contributed by atoms with Gasteiger partial charge in [-0.15, -0.1) is 0 Å². The van der Waals surface area contributed by atoms with E-state index in [2.05, 4.69) is 28.5 Å². The van der Waals surface area contributed by atoms with E-state index in [1.165, 1.54) is 13.0 Å². The van der Waals surface area contributed by atoms with E-state index in [4.69, 9.17) is 33.6 Å². The molecular formula is C21H28Cl2N6. The smallest absolute Gasteiger partial charge is 0.201 e. The van der Waals surface area contributed by atoms with Gasteiger partial charge in [-0.3, -0.25) is 5.41 Å². The van der Waals surface area contributed by atoms with Crippen molar-refractivity contribution in [2.75, 3.05) is 42.2 Å². The van der Waals surface area contributed by atoms with Crippen LogP contribution in [0.4, 0.5) is 17.3 Å². The van der Waals surface area contributed by atoms with Crippen molar-refractivity contribution in [2.24, 2.45) is 0 Å². The van der Waals surface area contributed by atoms with Crippen LogP contribution in [0.15, 0.2) is 30.3 Å². The summed E-state index contributed by atoms with van der Waals surface area (Å²) < 4.78 is 0. The van der Waals surface area contributed by atoms with Gasteiger partial charge in [-0.1, -0.05) is 30.1 Å². The Morgan fingerprint density at radius 3 is 2.79 bits per heavy atom. The highest BCUT2D eigenvalue weighted by atomic mass is 35.5. The van der Waals surface area contributed by atoms with E-state index in [1.807, 2.05) is 20.0 Å². The van der Waals surface area contributed by atoms with Gasteiger partial charge in [-0.2, -0.15) is 0 Å². The Bertz CT molecular complexity index is 872. The van der Waals surface area contributed by atoms with E-state index in [0.29, 0.717) is 27.6 Å². The van der Waals surface area contributed by atoms with Crippen LogP contribution in [-0.4, -0.2) is 48.6 Å². The van der Waals surface area contributed by atoms with Gasteiger partial charge in [-0.25, -0.2) is 4.98 Å². The van der Waals surface area contributed by atoms with Crippen molar-refractivity contribution in [3.05, 3.63) is 45.9 Å². The Morgan fingerprint density at radius 1 is 1.28 bits per heavy atom. The highest BCUT2D eigenvalue weighted by Crippen LogP contribution is 2.26. The van der Waals surface area contributed by atoms with Crippen molar-refractivity contribution < 1.29 is 0 Å². The van der Waals surface area contributed by atoms with Gasteiger partial charge in [0.05, 0.1) is 10.0 Å². The SMILES string of the molecule is CCN1CCCC(Nc2cc(C)cc(N(C)C(=N)Nc3ccc(Cl)c(Cl)c3)n2)C1. The van der Waals surface area contributed by atoms with Crippen molar-refractivity contribution in [3.63, 3.8) is 0 Å². The van der Waals surface area contributed by atoms with E-state index in [1.54, 1.807) is 23.1 Å². The summed E-state index contributed by atoms with van der Waals surface area (Å²) in [6.45, 7) is 7.52. The van der Waals surface area contributed by atoms with Gasteiger partial charge < -0.3 is 20.4 Å². The zero-order valence-electron chi connectivity index (χ0n) is 17.1. The second-order valence-electron chi connectivity index (χ2n) is 7.43. The number of nitrogens with one attached hydrogen (secondary N) is 3. The number of hydrogen-bond donors (Lipinski definition) is 3. The number of pyridine rings is 1. The first-order chi connectivity index (χ1) is 13.9. The Kier molecular flexibility index (Phi) is 7.22. The van der Waals surface area contributed by atoms with E-state index < -0.39 is 0 Å². The van der Waals surface area contributed by atoms with Crippen LogP contribution in [0.5, 0.6) is 0 Å². The lowest BCUT2D eigenvalue weighted by Gasteiger charge is -2.32. The number of aromatic nitrogens is 1. The summed E-state index contributed by atoms with van der Waals surface area (Å²) in [5.74, 6) is 1.74. The molecule has 0 saturated carbocycles. The summed E-state index contributed by atoms with van der Waals surface area (Å²) in [6.07, 6.45) is 2.34. The van der Waals surface area contributed by atoms with Crippen molar-refractivity contribution in [1.29, 1.82) is 5.41 Å². The molecule has 3 N–H and O–H groups in total. The maximum Gasteiger partial charge on any atom is 0.201 e. The maximum absolute atomic E-state index is 8.41. The predicted octanol–water partition coefficient (Wildman–Crippen LogP) is 5.08. The minimum absolute atomic E-state index is 0.197. The number of guanidine groups is 1. The molecule has 0 spiro atoms. The summed E-state index contributed by atoms with van der Waals surface area (Å²) in [6, 6.07) is 9.61. The van der Waals surface area contributed by atoms with E-state index in [0.717, 1.165) is 30.9 Å². The third-order valence-electron chi connectivity index (χ3n) is 5.12.